The predicted octanol–water partition coefficient (Wildman–Crippen LogP) is 3.93. The molecule has 1 aromatic rings. The topological polar surface area (TPSA) is 0 Å². The fourth-order valence-electron chi connectivity index (χ4n) is 1.18. The van der Waals surface area contributed by atoms with Gasteiger partial charge in [-0.05, 0) is 75.0 Å². The van der Waals surface area contributed by atoms with E-state index in [0.717, 1.165) is 5.92 Å². The standard InChI is InChI=1S/C9H8BrI/c10-8-4-3-7(5-9(8)11)6-1-2-6/h3-6H,1-2H2. The molecule has 0 aromatic heterocycles. The maximum Gasteiger partial charge on any atom is 0.0309 e. The summed E-state index contributed by atoms with van der Waals surface area (Å²) in [5, 5.41) is 0. The molecule has 0 bridgehead atoms. The second kappa shape index (κ2) is 3.05. The van der Waals surface area contributed by atoms with E-state index in [4.69, 9.17) is 0 Å². The molecule has 0 radical (unpaired) electrons. The highest BCUT2D eigenvalue weighted by atomic mass is 127. The van der Waals surface area contributed by atoms with Crippen molar-refractivity contribution in [1.82, 2.24) is 0 Å². The minimum atomic E-state index is 0.872. The Morgan fingerprint density at radius 2 is 2.09 bits per heavy atom. The summed E-state index contributed by atoms with van der Waals surface area (Å²) < 4.78 is 2.54. The van der Waals surface area contributed by atoms with Gasteiger partial charge in [-0.2, -0.15) is 0 Å². The molecule has 1 aliphatic rings. The zero-order chi connectivity index (χ0) is 7.84. The Kier molecular flexibility index (Phi) is 2.23. The molecule has 0 amide bonds. The Morgan fingerprint density at radius 1 is 1.36 bits per heavy atom. The van der Waals surface area contributed by atoms with Crippen molar-refractivity contribution in [1.29, 1.82) is 0 Å². The summed E-state index contributed by atoms with van der Waals surface area (Å²) in [7, 11) is 0. The lowest BCUT2D eigenvalue weighted by molar-refractivity contribution is 1.12. The van der Waals surface area contributed by atoms with Crippen LogP contribution in [0.3, 0.4) is 0 Å². The molecule has 0 spiro atoms. The molecule has 0 aliphatic heterocycles. The van der Waals surface area contributed by atoms with Crippen LogP contribution in [0.15, 0.2) is 22.7 Å². The highest BCUT2D eigenvalue weighted by Gasteiger charge is 2.23. The van der Waals surface area contributed by atoms with E-state index in [0.29, 0.717) is 0 Å². The fraction of sp³-hybridized carbons (Fsp3) is 0.333. The smallest absolute Gasteiger partial charge is 0.0309 e. The zero-order valence-corrected chi connectivity index (χ0v) is 9.72. The van der Waals surface area contributed by atoms with Gasteiger partial charge in [0.05, 0.1) is 0 Å². The molecule has 1 aliphatic carbocycles. The Labute approximate surface area is 88.6 Å². The van der Waals surface area contributed by atoms with Gasteiger partial charge < -0.3 is 0 Å². The maximum absolute atomic E-state index is 3.49. The molecule has 0 unspecified atom stereocenters. The first-order valence-electron chi connectivity index (χ1n) is 3.72. The molecule has 0 atom stereocenters. The van der Waals surface area contributed by atoms with Crippen molar-refractivity contribution in [3.8, 4) is 0 Å². The van der Waals surface area contributed by atoms with Crippen molar-refractivity contribution >= 4 is 38.5 Å². The van der Waals surface area contributed by atoms with E-state index in [1.165, 1.54) is 26.4 Å². The van der Waals surface area contributed by atoms with Gasteiger partial charge in [0.2, 0.25) is 0 Å². The zero-order valence-electron chi connectivity index (χ0n) is 5.98. The van der Waals surface area contributed by atoms with E-state index in [-0.39, 0.29) is 0 Å². The normalized spacial score (nSPS) is 16.9. The number of hydrogen-bond donors (Lipinski definition) is 0. The largest absolute Gasteiger partial charge is 0.0576 e. The Hall–Kier alpha value is 0.430. The number of halogens is 2. The Bertz CT molecular complexity index is 279. The molecule has 2 rings (SSSR count). The van der Waals surface area contributed by atoms with Crippen LogP contribution in [0.4, 0.5) is 0 Å². The van der Waals surface area contributed by atoms with Gasteiger partial charge in [0.15, 0.2) is 0 Å². The maximum atomic E-state index is 3.49. The first-order valence-corrected chi connectivity index (χ1v) is 5.59. The van der Waals surface area contributed by atoms with Gasteiger partial charge in [-0.15, -0.1) is 0 Å². The lowest BCUT2D eigenvalue weighted by Crippen LogP contribution is -1.81. The van der Waals surface area contributed by atoms with Gasteiger partial charge in [-0.25, -0.2) is 0 Å². The predicted molar refractivity (Wildman–Crippen MR) is 58.8 cm³/mol. The van der Waals surface area contributed by atoms with Crippen molar-refractivity contribution in [2.24, 2.45) is 0 Å². The van der Waals surface area contributed by atoms with Crippen molar-refractivity contribution < 1.29 is 0 Å². The van der Waals surface area contributed by atoms with Crippen molar-refractivity contribution in [2.75, 3.05) is 0 Å². The molecule has 1 aromatic carbocycles. The molecular formula is C9H8BrI. The van der Waals surface area contributed by atoms with Crippen LogP contribution in [0.2, 0.25) is 0 Å². The third kappa shape index (κ3) is 1.78. The van der Waals surface area contributed by atoms with Crippen LogP contribution in [0.5, 0.6) is 0 Å². The third-order valence-electron chi connectivity index (χ3n) is 1.99. The van der Waals surface area contributed by atoms with Crippen molar-refractivity contribution in [3.05, 3.63) is 31.8 Å². The molecule has 0 heterocycles. The van der Waals surface area contributed by atoms with E-state index in [9.17, 15) is 0 Å². The molecule has 1 fully saturated rings. The highest BCUT2D eigenvalue weighted by Crippen LogP contribution is 2.41. The summed E-state index contributed by atoms with van der Waals surface area (Å²) in [6, 6.07) is 6.65. The molecular weight excluding hydrogens is 315 g/mol. The summed E-state index contributed by atoms with van der Waals surface area (Å²) in [5.41, 5.74) is 1.51. The number of hydrogen-bond acceptors (Lipinski definition) is 0. The minimum absolute atomic E-state index is 0.872. The second-order valence-electron chi connectivity index (χ2n) is 2.95. The number of benzene rings is 1. The molecule has 0 saturated heterocycles. The molecule has 0 nitrogen and oxygen atoms in total. The van der Waals surface area contributed by atoms with E-state index in [1.807, 2.05) is 0 Å². The fourth-order valence-corrected chi connectivity index (χ4v) is 1.97. The van der Waals surface area contributed by atoms with Crippen LogP contribution in [0.1, 0.15) is 24.3 Å². The second-order valence-corrected chi connectivity index (χ2v) is 4.96. The van der Waals surface area contributed by atoms with Gasteiger partial charge >= 0.3 is 0 Å². The summed E-state index contributed by atoms with van der Waals surface area (Å²) >= 11 is 5.86. The van der Waals surface area contributed by atoms with Crippen LogP contribution >= 0.6 is 38.5 Å². The van der Waals surface area contributed by atoms with E-state index >= 15 is 0 Å². The van der Waals surface area contributed by atoms with E-state index in [2.05, 4.69) is 56.7 Å². The molecule has 11 heavy (non-hydrogen) atoms. The van der Waals surface area contributed by atoms with Crippen molar-refractivity contribution in [3.63, 3.8) is 0 Å². The summed E-state index contributed by atoms with van der Waals surface area (Å²) in [6.45, 7) is 0. The monoisotopic (exact) mass is 322 g/mol. The van der Waals surface area contributed by atoms with E-state index < -0.39 is 0 Å². The summed E-state index contributed by atoms with van der Waals surface area (Å²) in [5.74, 6) is 0.872. The van der Waals surface area contributed by atoms with Crippen LogP contribution in [0.25, 0.3) is 0 Å². The number of rotatable bonds is 1. The Morgan fingerprint density at radius 3 is 2.64 bits per heavy atom. The third-order valence-corrected chi connectivity index (χ3v) is 4.32. The summed E-state index contributed by atoms with van der Waals surface area (Å²) in [6.07, 6.45) is 2.77. The highest BCUT2D eigenvalue weighted by molar-refractivity contribution is 14.1. The minimum Gasteiger partial charge on any atom is -0.0576 e. The quantitative estimate of drug-likeness (QED) is 0.687. The van der Waals surface area contributed by atoms with E-state index in [1.54, 1.807) is 0 Å². The SMILES string of the molecule is Brc1ccc(C2CC2)cc1I. The van der Waals surface area contributed by atoms with Gasteiger partial charge in [0.25, 0.3) is 0 Å². The van der Waals surface area contributed by atoms with Gasteiger partial charge in [-0.1, -0.05) is 6.07 Å². The summed E-state index contributed by atoms with van der Waals surface area (Å²) in [4.78, 5) is 0. The molecule has 0 N–H and O–H groups in total. The molecule has 2 heteroatoms. The van der Waals surface area contributed by atoms with Crippen LogP contribution in [-0.2, 0) is 0 Å². The Balaban J connectivity index is 2.36. The first-order chi connectivity index (χ1) is 5.27. The first kappa shape index (κ1) is 8.05. The van der Waals surface area contributed by atoms with Crippen LogP contribution in [0, 0.1) is 3.57 Å². The average Bonchev–Trinajstić information content (AvgIpc) is 2.77. The van der Waals surface area contributed by atoms with Gasteiger partial charge in [0.1, 0.15) is 0 Å². The lowest BCUT2D eigenvalue weighted by atomic mass is 10.1. The van der Waals surface area contributed by atoms with Crippen LogP contribution in [-0.4, -0.2) is 0 Å². The van der Waals surface area contributed by atoms with Crippen LogP contribution < -0.4 is 0 Å². The molecule has 58 valence electrons. The molecule has 1 saturated carbocycles. The van der Waals surface area contributed by atoms with Gasteiger partial charge in [0, 0.05) is 8.04 Å². The lowest BCUT2D eigenvalue weighted by Gasteiger charge is -1.99. The van der Waals surface area contributed by atoms with Gasteiger partial charge in [-0.3, -0.25) is 0 Å². The average molecular weight is 323 g/mol. The van der Waals surface area contributed by atoms with Crippen molar-refractivity contribution in [2.45, 2.75) is 18.8 Å².